The van der Waals surface area contributed by atoms with Crippen molar-refractivity contribution in [2.24, 2.45) is 5.92 Å². The van der Waals surface area contributed by atoms with E-state index in [1.807, 2.05) is 20.8 Å². The fraction of sp³-hybridized carbons (Fsp3) is 0.826. The van der Waals surface area contributed by atoms with Gasteiger partial charge in [0, 0.05) is 13.0 Å². The van der Waals surface area contributed by atoms with E-state index >= 15 is 0 Å². The zero-order valence-electron chi connectivity index (χ0n) is 19.0. The molecule has 0 aromatic rings. The van der Waals surface area contributed by atoms with Crippen molar-refractivity contribution in [2.75, 3.05) is 14.2 Å². The smallest absolute Gasteiger partial charge is 0.412 e. The highest BCUT2D eigenvalue weighted by molar-refractivity contribution is 5.79. The summed E-state index contributed by atoms with van der Waals surface area (Å²) in [7, 11) is 3.11. The average molecular weight is 424 g/mol. The molecule has 3 atom stereocenters. The highest BCUT2D eigenvalue weighted by atomic mass is 16.6. The van der Waals surface area contributed by atoms with E-state index in [2.05, 4.69) is 6.08 Å². The second-order valence-electron chi connectivity index (χ2n) is 9.60. The minimum absolute atomic E-state index is 0.130. The number of nitrogens with zero attached hydrogens (tertiary/aromatic N) is 1. The molecule has 2 fully saturated rings. The second kappa shape index (κ2) is 9.69. The average Bonchev–Trinajstić information content (AvgIpc) is 3.13. The number of allylic oxidation sites excluding steroid dienone is 1. The zero-order valence-corrected chi connectivity index (χ0v) is 19.0. The van der Waals surface area contributed by atoms with Crippen LogP contribution in [0.2, 0.25) is 0 Å². The lowest BCUT2D eigenvalue weighted by Gasteiger charge is -2.38. The van der Waals surface area contributed by atoms with E-state index < -0.39 is 36.0 Å². The number of carbonyl (C=O) groups excluding carboxylic acids is 2. The summed E-state index contributed by atoms with van der Waals surface area (Å²) < 4.78 is 22.6. The summed E-state index contributed by atoms with van der Waals surface area (Å²) >= 11 is 0. The Morgan fingerprint density at radius 3 is 2.33 bits per heavy atom. The molecular weight excluding hydrogens is 386 g/mol. The number of rotatable bonds is 4. The van der Waals surface area contributed by atoms with Crippen molar-refractivity contribution in [3.8, 4) is 0 Å². The third-order valence-electron chi connectivity index (χ3n) is 6.35. The minimum Gasteiger partial charge on any atom is -0.467 e. The third kappa shape index (κ3) is 5.17. The Bertz CT molecular complexity index is 647. The van der Waals surface area contributed by atoms with Crippen LogP contribution >= 0.6 is 0 Å². The molecule has 0 aromatic heterocycles. The molecule has 0 bridgehead atoms. The number of amides is 1. The van der Waals surface area contributed by atoms with Gasteiger partial charge in [0.2, 0.25) is 0 Å². The van der Waals surface area contributed by atoms with Crippen molar-refractivity contribution >= 4 is 12.1 Å². The minimum atomic E-state index is -0.822. The largest absolute Gasteiger partial charge is 0.467 e. The molecule has 2 aliphatic carbocycles. The molecule has 7 nitrogen and oxygen atoms in total. The van der Waals surface area contributed by atoms with Crippen molar-refractivity contribution in [2.45, 2.75) is 102 Å². The van der Waals surface area contributed by atoms with Crippen LogP contribution in [0.3, 0.4) is 0 Å². The normalized spacial score (nSPS) is 32.5. The molecule has 3 rings (SSSR count). The molecule has 1 amide bonds. The van der Waals surface area contributed by atoms with Gasteiger partial charge in [0.1, 0.15) is 11.8 Å². The number of hydrogen-bond donors (Lipinski definition) is 0. The van der Waals surface area contributed by atoms with Crippen molar-refractivity contribution in [1.82, 2.24) is 4.90 Å². The summed E-state index contributed by atoms with van der Waals surface area (Å²) in [4.78, 5) is 27.7. The van der Waals surface area contributed by atoms with Gasteiger partial charge in [-0.25, -0.2) is 9.59 Å². The molecule has 30 heavy (non-hydrogen) atoms. The maximum absolute atomic E-state index is 13.4. The van der Waals surface area contributed by atoms with Gasteiger partial charge in [0.15, 0.2) is 6.10 Å². The molecule has 0 aromatic carbocycles. The molecule has 170 valence electrons. The van der Waals surface area contributed by atoms with Crippen molar-refractivity contribution in [3.63, 3.8) is 0 Å². The van der Waals surface area contributed by atoms with Crippen LogP contribution in [0.15, 0.2) is 11.6 Å². The molecule has 0 radical (unpaired) electrons. The van der Waals surface area contributed by atoms with Gasteiger partial charge < -0.3 is 18.9 Å². The SMILES string of the molecule is COC(=O)C1OC(C2CCC(OC)CC2)N(C(=O)OC(C)(C)C)C1C1=CCCCC1. The molecular formula is C23H37NO6. The predicted octanol–water partition coefficient (Wildman–Crippen LogP) is 4.20. The van der Waals surface area contributed by atoms with Crippen LogP contribution in [-0.4, -0.2) is 61.3 Å². The summed E-state index contributed by atoms with van der Waals surface area (Å²) in [6.07, 6.45) is 8.20. The molecule has 0 spiro atoms. The van der Waals surface area contributed by atoms with Crippen molar-refractivity contribution < 1.29 is 28.5 Å². The van der Waals surface area contributed by atoms with Gasteiger partial charge >= 0.3 is 12.1 Å². The molecule has 1 heterocycles. The molecule has 3 unspecified atom stereocenters. The number of hydrogen-bond acceptors (Lipinski definition) is 6. The predicted molar refractivity (Wildman–Crippen MR) is 112 cm³/mol. The summed E-state index contributed by atoms with van der Waals surface area (Å²) in [5.74, 6) is -0.307. The van der Waals surface area contributed by atoms with Crippen molar-refractivity contribution in [3.05, 3.63) is 11.6 Å². The lowest BCUT2D eigenvalue weighted by molar-refractivity contribution is -0.155. The van der Waals surface area contributed by atoms with Crippen LogP contribution in [-0.2, 0) is 23.7 Å². The lowest BCUT2D eigenvalue weighted by Crippen LogP contribution is -2.50. The van der Waals surface area contributed by atoms with Crippen LogP contribution in [0.5, 0.6) is 0 Å². The van der Waals surface area contributed by atoms with E-state index in [4.69, 9.17) is 18.9 Å². The van der Waals surface area contributed by atoms with Gasteiger partial charge in [-0.3, -0.25) is 4.90 Å². The monoisotopic (exact) mass is 423 g/mol. The second-order valence-corrected chi connectivity index (χ2v) is 9.60. The summed E-state index contributed by atoms with van der Waals surface area (Å²) in [5, 5.41) is 0. The highest BCUT2D eigenvalue weighted by Crippen LogP contribution is 2.41. The number of methoxy groups -OCH3 is 2. The van der Waals surface area contributed by atoms with E-state index in [1.165, 1.54) is 7.11 Å². The molecule has 3 aliphatic rings. The Morgan fingerprint density at radius 2 is 1.80 bits per heavy atom. The summed E-state index contributed by atoms with van der Waals surface area (Å²) in [5.41, 5.74) is 0.445. The molecule has 1 aliphatic heterocycles. The Balaban J connectivity index is 1.93. The Morgan fingerprint density at radius 1 is 1.10 bits per heavy atom. The van der Waals surface area contributed by atoms with Crippen LogP contribution in [0.1, 0.15) is 72.1 Å². The Labute approximate surface area is 180 Å². The first kappa shape index (κ1) is 23.1. The van der Waals surface area contributed by atoms with Gasteiger partial charge in [-0.05, 0) is 77.7 Å². The van der Waals surface area contributed by atoms with Gasteiger partial charge in [0.25, 0.3) is 0 Å². The van der Waals surface area contributed by atoms with Gasteiger partial charge in [0.05, 0.1) is 19.3 Å². The highest BCUT2D eigenvalue weighted by Gasteiger charge is 2.53. The first-order valence-electron chi connectivity index (χ1n) is 11.2. The number of esters is 1. The standard InChI is InChI=1S/C23H37NO6/c1-23(2,3)30-22(26)24-18(15-9-7-6-8-10-15)19(21(25)28-5)29-20(24)16-11-13-17(27-4)14-12-16/h9,16-20H,6-8,10-14H2,1-5H3. The quantitative estimate of drug-likeness (QED) is 0.498. The first-order chi connectivity index (χ1) is 14.2. The van der Waals surface area contributed by atoms with Gasteiger partial charge in [-0.1, -0.05) is 6.08 Å². The van der Waals surface area contributed by atoms with E-state index in [0.717, 1.165) is 56.9 Å². The summed E-state index contributed by atoms with van der Waals surface area (Å²) in [6, 6.07) is -0.474. The maximum atomic E-state index is 13.4. The number of carbonyl (C=O) groups is 2. The first-order valence-corrected chi connectivity index (χ1v) is 11.2. The van der Waals surface area contributed by atoms with Crippen LogP contribution < -0.4 is 0 Å². The number of ether oxygens (including phenoxy) is 4. The third-order valence-corrected chi connectivity index (χ3v) is 6.35. The van der Waals surface area contributed by atoms with Gasteiger partial charge in [-0.2, -0.15) is 0 Å². The molecule has 7 heteroatoms. The fourth-order valence-corrected chi connectivity index (χ4v) is 4.88. The zero-order chi connectivity index (χ0) is 21.9. The molecule has 1 saturated carbocycles. The van der Waals surface area contributed by atoms with E-state index in [1.54, 1.807) is 12.0 Å². The van der Waals surface area contributed by atoms with Crippen LogP contribution in [0, 0.1) is 5.92 Å². The molecule has 1 saturated heterocycles. The lowest BCUT2D eigenvalue weighted by atomic mass is 9.85. The van der Waals surface area contributed by atoms with E-state index in [0.29, 0.717) is 0 Å². The Kier molecular flexibility index (Phi) is 7.45. The topological polar surface area (TPSA) is 74.3 Å². The Hall–Kier alpha value is -1.60. The van der Waals surface area contributed by atoms with Gasteiger partial charge in [-0.15, -0.1) is 0 Å². The van der Waals surface area contributed by atoms with Crippen LogP contribution in [0.25, 0.3) is 0 Å². The van der Waals surface area contributed by atoms with Crippen molar-refractivity contribution in [1.29, 1.82) is 0 Å². The van der Waals surface area contributed by atoms with Crippen LogP contribution in [0.4, 0.5) is 4.79 Å². The summed E-state index contributed by atoms with van der Waals surface area (Å²) in [6.45, 7) is 5.56. The fourth-order valence-electron chi connectivity index (χ4n) is 4.88. The van der Waals surface area contributed by atoms with E-state index in [9.17, 15) is 9.59 Å². The van der Waals surface area contributed by atoms with E-state index in [-0.39, 0.29) is 12.0 Å². The molecule has 0 N–H and O–H groups in total. The maximum Gasteiger partial charge on any atom is 0.412 e.